The number of aliphatic carboxylic acids is 1. The second-order valence-corrected chi connectivity index (χ2v) is 6.23. The summed E-state index contributed by atoms with van der Waals surface area (Å²) >= 11 is 1.10. The lowest BCUT2D eigenvalue weighted by Crippen LogP contribution is -2.26. The Morgan fingerprint density at radius 3 is 2.61 bits per heavy atom. The molecule has 6 nitrogen and oxygen atoms in total. The lowest BCUT2D eigenvalue weighted by atomic mass is 9.91. The van der Waals surface area contributed by atoms with Crippen molar-refractivity contribution < 1.29 is 14.7 Å². The first-order chi connectivity index (χ1) is 8.20. The summed E-state index contributed by atoms with van der Waals surface area (Å²) in [6.45, 7) is 7.90. The van der Waals surface area contributed by atoms with E-state index in [4.69, 9.17) is 5.11 Å². The van der Waals surface area contributed by atoms with Crippen molar-refractivity contribution >= 4 is 34.5 Å². The van der Waals surface area contributed by atoms with E-state index in [-0.39, 0.29) is 17.7 Å². The van der Waals surface area contributed by atoms with Crippen LogP contribution in [0.5, 0.6) is 0 Å². The van der Waals surface area contributed by atoms with Crippen LogP contribution in [-0.2, 0) is 9.59 Å². The summed E-state index contributed by atoms with van der Waals surface area (Å²) in [5, 5.41) is 18.9. The van der Waals surface area contributed by atoms with Crippen molar-refractivity contribution in [1.82, 2.24) is 5.32 Å². The molecule has 1 saturated heterocycles. The summed E-state index contributed by atoms with van der Waals surface area (Å²) in [6.07, 6.45) is -0.211. The van der Waals surface area contributed by atoms with Gasteiger partial charge < -0.3 is 10.4 Å². The molecule has 0 bridgehead atoms. The molecule has 1 heterocycles. The highest BCUT2D eigenvalue weighted by Gasteiger charge is 2.32. The Morgan fingerprint density at radius 1 is 1.50 bits per heavy atom. The van der Waals surface area contributed by atoms with Gasteiger partial charge in [-0.3, -0.25) is 9.59 Å². The van der Waals surface area contributed by atoms with Gasteiger partial charge in [-0.2, -0.15) is 5.10 Å². The number of amidine groups is 1. The van der Waals surface area contributed by atoms with Gasteiger partial charge in [0.05, 0.1) is 6.42 Å². The predicted molar refractivity (Wildman–Crippen MR) is 71.8 cm³/mol. The molecule has 1 rings (SSSR count). The van der Waals surface area contributed by atoms with Crippen LogP contribution >= 0.6 is 11.8 Å². The number of carboxylic acids is 1. The van der Waals surface area contributed by atoms with Gasteiger partial charge in [0.2, 0.25) is 5.91 Å². The number of hydrogen-bond acceptors (Lipinski definition) is 5. The van der Waals surface area contributed by atoms with Crippen LogP contribution in [0.1, 0.15) is 34.1 Å². The number of carboxylic acid groups (broad SMARTS) is 1. The molecule has 0 aromatic carbocycles. The smallest absolute Gasteiger partial charge is 0.305 e. The first-order valence-corrected chi connectivity index (χ1v) is 6.40. The van der Waals surface area contributed by atoms with E-state index in [1.54, 1.807) is 0 Å². The van der Waals surface area contributed by atoms with Crippen molar-refractivity contribution in [3.05, 3.63) is 0 Å². The number of nitrogens with one attached hydrogen (secondary N) is 1. The molecule has 2 N–H and O–H groups in total. The third kappa shape index (κ3) is 4.14. The maximum absolute atomic E-state index is 11.4. The van der Waals surface area contributed by atoms with Crippen LogP contribution in [0.3, 0.4) is 0 Å². The highest BCUT2D eigenvalue weighted by Crippen LogP contribution is 2.23. The van der Waals surface area contributed by atoms with E-state index in [2.05, 4.69) is 15.5 Å². The third-order valence-corrected chi connectivity index (χ3v) is 3.58. The molecule has 7 heteroatoms. The maximum atomic E-state index is 11.4. The number of thioether (sulfide) groups is 1. The fourth-order valence-corrected chi connectivity index (χ4v) is 1.92. The number of carbonyl (C=O) groups is 2. The van der Waals surface area contributed by atoms with Crippen LogP contribution < -0.4 is 5.32 Å². The number of nitrogens with zero attached hydrogens (tertiary/aromatic N) is 2. The van der Waals surface area contributed by atoms with E-state index < -0.39 is 11.2 Å². The summed E-state index contributed by atoms with van der Waals surface area (Å²) in [7, 11) is 0. The van der Waals surface area contributed by atoms with Crippen molar-refractivity contribution in [2.24, 2.45) is 15.6 Å². The average Bonchev–Trinajstić information content (AvgIpc) is 2.54. The number of amides is 1. The summed E-state index contributed by atoms with van der Waals surface area (Å²) in [5.41, 5.74) is 0.754. The fraction of sp³-hybridized carbons (Fsp3) is 0.636. The maximum Gasteiger partial charge on any atom is 0.305 e. The Bertz CT molecular complexity index is 424. The standard InChI is InChI=1S/C11H17N3O3S/c1-6(11(2,3)4)13-14-10-12-9(17)7(18-10)5-8(15)16/h7H,5H2,1-4H3,(H,15,16)(H,12,14,17)/t7-/m0/s1. The van der Waals surface area contributed by atoms with Crippen LogP contribution in [0.2, 0.25) is 0 Å². The summed E-state index contributed by atoms with van der Waals surface area (Å²) in [4.78, 5) is 22.0. The van der Waals surface area contributed by atoms with Gasteiger partial charge in [0.1, 0.15) is 5.25 Å². The van der Waals surface area contributed by atoms with Gasteiger partial charge in [-0.25, -0.2) is 0 Å². The van der Waals surface area contributed by atoms with Gasteiger partial charge in [-0.1, -0.05) is 32.5 Å². The van der Waals surface area contributed by atoms with Crippen LogP contribution in [0.15, 0.2) is 10.2 Å². The molecule has 0 saturated carbocycles. The predicted octanol–water partition coefficient (Wildman–Crippen LogP) is 1.47. The molecular formula is C11H17N3O3S. The molecule has 1 aliphatic rings. The normalized spacial score (nSPS) is 23.3. The van der Waals surface area contributed by atoms with E-state index >= 15 is 0 Å². The van der Waals surface area contributed by atoms with Crippen molar-refractivity contribution in [3.63, 3.8) is 0 Å². The van der Waals surface area contributed by atoms with Gasteiger partial charge in [0.25, 0.3) is 0 Å². The summed E-state index contributed by atoms with van der Waals surface area (Å²) in [5.74, 6) is -1.33. The van der Waals surface area contributed by atoms with Crippen LogP contribution in [0, 0.1) is 5.41 Å². The SMILES string of the molecule is CC(=NN=C1NC(=O)[C@H](CC(=O)O)S1)C(C)(C)C. The van der Waals surface area contributed by atoms with Crippen LogP contribution in [0.4, 0.5) is 0 Å². The minimum absolute atomic E-state index is 0.0855. The topological polar surface area (TPSA) is 91.1 Å². The average molecular weight is 271 g/mol. The van der Waals surface area contributed by atoms with Crippen molar-refractivity contribution in [3.8, 4) is 0 Å². The number of hydrogen-bond donors (Lipinski definition) is 2. The van der Waals surface area contributed by atoms with Gasteiger partial charge >= 0.3 is 5.97 Å². The Balaban J connectivity index is 2.71. The second kappa shape index (κ2) is 5.51. The summed E-state index contributed by atoms with van der Waals surface area (Å²) < 4.78 is 0. The first-order valence-electron chi connectivity index (χ1n) is 5.52. The van der Waals surface area contributed by atoms with Gasteiger partial charge in [-0.05, 0) is 6.92 Å². The minimum atomic E-state index is -1.00. The van der Waals surface area contributed by atoms with E-state index in [1.165, 1.54) is 0 Å². The molecule has 1 fully saturated rings. The molecule has 0 aliphatic carbocycles. The molecule has 0 spiro atoms. The Kier molecular flexibility index (Phi) is 4.50. The quantitative estimate of drug-likeness (QED) is 0.600. The monoisotopic (exact) mass is 271 g/mol. The highest BCUT2D eigenvalue weighted by atomic mass is 32.2. The molecule has 0 aromatic heterocycles. The van der Waals surface area contributed by atoms with E-state index in [0.29, 0.717) is 5.17 Å². The second-order valence-electron chi connectivity index (χ2n) is 5.03. The third-order valence-electron chi connectivity index (χ3n) is 2.51. The molecule has 0 aromatic rings. The zero-order valence-corrected chi connectivity index (χ0v) is 11.7. The molecule has 0 unspecified atom stereocenters. The summed E-state index contributed by atoms with van der Waals surface area (Å²) in [6, 6.07) is 0. The lowest BCUT2D eigenvalue weighted by Gasteiger charge is -2.16. The fourth-order valence-electron chi connectivity index (χ4n) is 1.02. The zero-order valence-electron chi connectivity index (χ0n) is 10.9. The van der Waals surface area contributed by atoms with Crippen molar-refractivity contribution in [2.45, 2.75) is 39.4 Å². The lowest BCUT2D eigenvalue weighted by molar-refractivity contribution is -0.138. The van der Waals surface area contributed by atoms with Gasteiger partial charge in [0, 0.05) is 11.1 Å². The molecular weight excluding hydrogens is 254 g/mol. The zero-order chi connectivity index (χ0) is 13.9. The van der Waals surface area contributed by atoms with Crippen molar-refractivity contribution in [1.29, 1.82) is 0 Å². The van der Waals surface area contributed by atoms with E-state index in [0.717, 1.165) is 17.5 Å². The largest absolute Gasteiger partial charge is 0.481 e. The molecule has 100 valence electrons. The van der Waals surface area contributed by atoms with Crippen LogP contribution in [-0.4, -0.2) is 33.1 Å². The molecule has 0 radical (unpaired) electrons. The van der Waals surface area contributed by atoms with Crippen molar-refractivity contribution in [2.75, 3.05) is 0 Å². The van der Waals surface area contributed by atoms with Crippen LogP contribution in [0.25, 0.3) is 0 Å². The minimum Gasteiger partial charge on any atom is -0.481 e. The van der Waals surface area contributed by atoms with E-state index in [1.807, 2.05) is 27.7 Å². The molecule has 1 amide bonds. The Labute approximate surface area is 110 Å². The molecule has 18 heavy (non-hydrogen) atoms. The number of rotatable bonds is 3. The Hall–Kier alpha value is -1.37. The van der Waals surface area contributed by atoms with E-state index in [9.17, 15) is 9.59 Å². The first kappa shape index (κ1) is 14.7. The highest BCUT2D eigenvalue weighted by molar-refractivity contribution is 8.15. The number of carbonyl (C=O) groups excluding carboxylic acids is 1. The molecule has 1 aliphatic heterocycles. The van der Waals surface area contributed by atoms with Gasteiger partial charge in [-0.15, -0.1) is 5.10 Å². The Morgan fingerprint density at radius 2 is 2.11 bits per heavy atom. The molecule has 1 atom stereocenters. The van der Waals surface area contributed by atoms with Gasteiger partial charge in [0.15, 0.2) is 5.17 Å².